The highest BCUT2D eigenvalue weighted by atomic mass is 16.5. The molecule has 5 heteroatoms. The molecule has 120 valence electrons. The van der Waals surface area contributed by atoms with E-state index in [0.29, 0.717) is 12.6 Å². The van der Waals surface area contributed by atoms with Crippen molar-refractivity contribution in [2.24, 2.45) is 5.92 Å². The van der Waals surface area contributed by atoms with Crippen LogP contribution >= 0.6 is 0 Å². The minimum absolute atomic E-state index is 0.00417. The van der Waals surface area contributed by atoms with E-state index in [0.717, 1.165) is 37.5 Å². The molecule has 0 unspecified atom stereocenters. The summed E-state index contributed by atoms with van der Waals surface area (Å²) in [5, 5.41) is 2.92. The fourth-order valence-corrected chi connectivity index (χ4v) is 3.77. The lowest BCUT2D eigenvalue weighted by atomic mass is 9.98. The summed E-state index contributed by atoms with van der Waals surface area (Å²) in [4.78, 5) is 14.9. The van der Waals surface area contributed by atoms with Crippen molar-refractivity contribution in [3.05, 3.63) is 24.2 Å². The molecule has 0 bridgehead atoms. The van der Waals surface area contributed by atoms with E-state index in [1.165, 1.54) is 19.4 Å². The van der Waals surface area contributed by atoms with Gasteiger partial charge >= 0.3 is 0 Å². The third kappa shape index (κ3) is 3.06. The number of likely N-dealkylation sites (tertiary alicyclic amines) is 1. The third-order valence-electron chi connectivity index (χ3n) is 5.16. The van der Waals surface area contributed by atoms with Crippen LogP contribution in [0.5, 0.6) is 0 Å². The predicted molar refractivity (Wildman–Crippen MR) is 81.2 cm³/mol. The average Bonchev–Trinajstić information content (AvgIpc) is 3.04. The van der Waals surface area contributed by atoms with Crippen LogP contribution in [0, 0.1) is 5.92 Å². The zero-order valence-electron chi connectivity index (χ0n) is 12.9. The SMILES string of the molecule is O=C(NCc1ccco1)[C@H]1CC[C@@H]2[C@@H](CCN2CC2CC2)O1. The molecule has 0 aromatic carbocycles. The molecule has 1 amide bonds. The van der Waals surface area contributed by atoms with Gasteiger partial charge in [-0.3, -0.25) is 9.69 Å². The van der Waals surface area contributed by atoms with Gasteiger partial charge in [0.15, 0.2) is 0 Å². The first-order valence-corrected chi connectivity index (χ1v) is 8.49. The molecule has 1 N–H and O–H groups in total. The van der Waals surface area contributed by atoms with Crippen LogP contribution in [0.1, 0.15) is 37.9 Å². The Bertz CT molecular complexity index is 512. The Morgan fingerprint density at radius 1 is 1.27 bits per heavy atom. The fourth-order valence-electron chi connectivity index (χ4n) is 3.77. The van der Waals surface area contributed by atoms with Gasteiger partial charge in [0.05, 0.1) is 18.9 Å². The summed E-state index contributed by atoms with van der Waals surface area (Å²) in [6, 6.07) is 4.23. The highest BCUT2D eigenvalue weighted by Crippen LogP contribution is 2.36. The summed E-state index contributed by atoms with van der Waals surface area (Å²) >= 11 is 0. The van der Waals surface area contributed by atoms with Crippen molar-refractivity contribution in [3.8, 4) is 0 Å². The van der Waals surface area contributed by atoms with Gasteiger partial charge < -0.3 is 14.5 Å². The predicted octanol–water partition coefficient (Wildman–Crippen LogP) is 1.93. The number of ether oxygens (including phenoxy) is 1. The van der Waals surface area contributed by atoms with E-state index >= 15 is 0 Å². The van der Waals surface area contributed by atoms with Crippen molar-refractivity contribution >= 4 is 5.91 Å². The number of hydrogen-bond donors (Lipinski definition) is 1. The number of fused-ring (bicyclic) bond motifs is 1. The van der Waals surface area contributed by atoms with E-state index in [1.54, 1.807) is 6.26 Å². The van der Waals surface area contributed by atoms with Gasteiger partial charge in [-0.05, 0) is 50.2 Å². The lowest BCUT2D eigenvalue weighted by molar-refractivity contribution is -0.144. The number of carbonyl (C=O) groups is 1. The van der Waals surface area contributed by atoms with Crippen LogP contribution in [0.2, 0.25) is 0 Å². The molecular formula is C17H24N2O3. The van der Waals surface area contributed by atoms with E-state index in [4.69, 9.17) is 9.15 Å². The number of amides is 1. The first-order chi connectivity index (χ1) is 10.8. The van der Waals surface area contributed by atoms with E-state index in [1.807, 2.05) is 12.1 Å². The number of nitrogens with one attached hydrogen (secondary N) is 1. The Labute approximate surface area is 131 Å². The summed E-state index contributed by atoms with van der Waals surface area (Å²) in [7, 11) is 0. The molecular weight excluding hydrogens is 280 g/mol. The largest absolute Gasteiger partial charge is 0.467 e. The molecule has 22 heavy (non-hydrogen) atoms. The maximum absolute atomic E-state index is 12.3. The third-order valence-corrected chi connectivity index (χ3v) is 5.16. The highest BCUT2D eigenvalue weighted by molar-refractivity contribution is 5.80. The molecule has 2 aliphatic heterocycles. The first kappa shape index (κ1) is 14.3. The van der Waals surface area contributed by atoms with E-state index in [9.17, 15) is 4.79 Å². The molecule has 1 aromatic rings. The number of rotatable bonds is 5. The molecule has 1 aromatic heterocycles. The molecule has 3 atom stereocenters. The summed E-state index contributed by atoms with van der Waals surface area (Å²) < 4.78 is 11.3. The summed E-state index contributed by atoms with van der Waals surface area (Å²) in [6.45, 7) is 2.81. The van der Waals surface area contributed by atoms with Crippen LogP contribution < -0.4 is 5.32 Å². The minimum atomic E-state index is -0.294. The maximum Gasteiger partial charge on any atom is 0.249 e. The van der Waals surface area contributed by atoms with Crippen LogP contribution in [-0.2, 0) is 16.1 Å². The van der Waals surface area contributed by atoms with Gasteiger partial charge in [0.2, 0.25) is 5.91 Å². The normalized spacial score (nSPS) is 31.9. The van der Waals surface area contributed by atoms with Crippen molar-refractivity contribution in [3.63, 3.8) is 0 Å². The quantitative estimate of drug-likeness (QED) is 0.903. The lowest BCUT2D eigenvalue weighted by Gasteiger charge is -2.35. The van der Waals surface area contributed by atoms with Crippen molar-refractivity contribution in [1.29, 1.82) is 0 Å². The van der Waals surface area contributed by atoms with Crippen LogP contribution in [-0.4, -0.2) is 42.1 Å². The first-order valence-electron chi connectivity index (χ1n) is 8.49. The molecule has 0 spiro atoms. The summed E-state index contributed by atoms with van der Waals surface area (Å²) in [6.07, 6.45) is 7.33. The van der Waals surface area contributed by atoms with Crippen LogP contribution in [0.25, 0.3) is 0 Å². The Hall–Kier alpha value is -1.33. The topological polar surface area (TPSA) is 54.7 Å². The van der Waals surface area contributed by atoms with E-state index < -0.39 is 0 Å². The van der Waals surface area contributed by atoms with Gasteiger partial charge in [0, 0.05) is 19.1 Å². The minimum Gasteiger partial charge on any atom is -0.467 e. The Morgan fingerprint density at radius 3 is 2.95 bits per heavy atom. The zero-order valence-corrected chi connectivity index (χ0v) is 12.9. The Balaban J connectivity index is 1.27. The zero-order chi connectivity index (χ0) is 14.9. The van der Waals surface area contributed by atoms with Crippen LogP contribution in [0.4, 0.5) is 0 Å². The van der Waals surface area contributed by atoms with E-state index in [-0.39, 0.29) is 18.1 Å². The number of hydrogen-bond acceptors (Lipinski definition) is 4. The molecule has 3 fully saturated rings. The summed E-state index contributed by atoms with van der Waals surface area (Å²) in [5.74, 6) is 1.70. The molecule has 5 nitrogen and oxygen atoms in total. The van der Waals surface area contributed by atoms with Crippen molar-refractivity contribution < 1.29 is 13.9 Å². The molecule has 3 aliphatic rings. The highest BCUT2D eigenvalue weighted by Gasteiger charge is 2.42. The lowest BCUT2D eigenvalue weighted by Crippen LogP contribution is -2.48. The maximum atomic E-state index is 12.3. The number of carbonyl (C=O) groups excluding carboxylic acids is 1. The van der Waals surface area contributed by atoms with Gasteiger partial charge in [0.1, 0.15) is 11.9 Å². The molecule has 1 saturated carbocycles. The molecule has 4 rings (SSSR count). The molecule has 2 saturated heterocycles. The monoisotopic (exact) mass is 304 g/mol. The van der Waals surface area contributed by atoms with Crippen molar-refractivity contribution in [2.45, 2.75) is 56.9 Å². The molecule has 1 aliphatic carbocycles. The average molecular weight is 304 g/mol. The van der Waals surface area contributed by atoms with Gasteiger partial charge in [-0.2, -0.15) is 0 Å². The fraction of sp³-hybridized carbons (Fsp3) is 0.706. The summed E-state index contributed by atoms with van der Waals surface area (Å²) in [5.41, 5.74) is 0. The Morgan fingerprint density at radius 2 is 2.18 bits per heavy atom. The van der Waals surface area contributed by atoms with Crippen LogP contribution in [0.3, 0.4) is 0 Å². The standard InChI is InChI=1S/C17H24N2O3/c20-17(18-10-13-2-1-9-21-13)16-6-5-14-15(22-16)7-8-19(14)11-12-3-4-12/h1-2,9,12,14-16H,3-8,10-11H2,(H,18,20)/t14-,15-,16-/m1/s1. The van der Waals surface area contributed by atoms with Gasteiger partial charge in [-0.1, -0.05) is 0 Å². The number of nitrogens with zero attached hydrogens (tertiary/aromatic N) is 1. The molecule has 3 heterocycles. The van der Waals surface area contributed by atoms with Crippen molar-refractivity contribution in [2.75, 3.05) is 13.1 Å². The smallest absolute Gasteiger partial charge is 0.249 e. The van der Waals surface area contributed by atoms with Gasteiger partial charge in [-0.25, -0.2) is 0 Å². The second kappa shape index (κ2) is 6.05. The molecule has 0 radical (unpaired) electrons. The number of furan rings is 1. The second-order valence-corrected chi connectivity index (χ2v) is 6.83. The van der Waals surface area contributed by atoms with Crippen molar-refractivity contribution in [1.82, 2.24) is 10.2 Å². The van der Waals surface area contributed by atoms with Crippen LogP contribution in [0.15, 0.2) is 22.8 Å². The second-order valence-electron chi connectivity index (χ2n) is 6.83. The van der Waals surface area contributed by atoms with Gasteiger partial charge in [0.25, 0.3) is 0 Å². The van der Waals surface area contributed by atoms with E-state index in [2.05, 4.69) is 10.2 Å². The Kier molecular flexibility index (Phi) is 3.92. The van der Waals surface area contributed by atoms with Gasteiger partial charge in [-0.15, -0.1) is 0 Å².